The molecule has 0 aromatic carbocycles. The molecule has 1 atom stereocenters. The van der Waals surface area contributed by atoms with Crippen LogP contribution in [-0.2, 0) is 11.3 Å². The average molecular weight is 274 g/mol. The quantitative estimate of drug-likeness (QED) is 0.900. The van der Waals surface area contributed by atoms with Crippen LogP contribution in [0.25, 0.3) is 10.9 Å². The summed E-state index contributed by atoms with van der Waals surface area (Å²) in [7, 11) is 0. The normalized spacial score (nSPS) is 12.6. The number of amides is 1. The Bertz CT molecular complexity index is 678. The van der Waals surface area contributed by atoms with Crippen molar-refractivity contribution in [3.8, 4) is 0 Å². The summed E-state index contributed by atoms with van der Waals surface area (Å²) in [5, 5.41) is 3.33. The first kappa shape index (κ1) is 14.2. The lowest BCUT2D eigenvalue weighted by molar-refractivity contribution is -0.122. The Kier molecular flexibility index (Phi) is 4.12. The Morgan fingerprint density at radius 1 is 1.40 bits per heavy atom. The highest BCUT2D eigenvalue weighted by Crippen LogP contribution is 2.03. The molecule has 2 aromatic rings. The van der Waals surface area contributed by atoms with Crippen LogP contribution in [0.2, 0.25) is 0 Å². The maximum Gasteiger partial charge on any atom is 0.261 e. The molecular formula is C14H18N4O2. The van der Waals surface area contributed by atoms with E-state index in [-0.39, 0.29) is 24.1 Å². The molecule has 0 aliphatic rings. The standard InChI is InChI=1S/C14H18N4O2/c1-9(2)10(3)17-13(19)7-18-8-16-12-6-15-5-4-11(12)14(18)20/h4-6,8-10H,7H2,1-3H3,(H,17,19)/t10-/m1/s1. The van der Waals surface area contributed by atoms with Gasteiger partial charge < -0.3 is 5.32 Å². The number of carbonyl (C=O) groups excluding carboxylic acids is 1. The van der Waals surface area contributed by atoms with Crippen LogP contribution >= 0.6 is 0 Å². The van der Waals surface area contributed by atoms with Crippen LogP contribution in [0.15, 0.2) is 29.6 Å². The molecule has 0 aliphatic carbocycles. The number of pyridine rings is 1. The number of nitrogens with zero attached hydrogens (tertiary/aromatic N) is 3. The summed E-state index contributed by atoms with van der Waals surface area (Å²) in [6, 6.07) is 1.67. The summed E-state index contributed by atoms with van der Waals surface area (Å²) in [5.41, 5.74) is 0.300. The second-order valence-electron chi connectivity index (χ2n) is 5.17. The summed E-state index contributed by atoms with van der Waals surface area (Å²) < 4.78 is 1.31. The minimum absolute atomic E-state index is 0.0266. The molecule has 20 heavy (non-hydrogen) atoms. The van der Waals surface area contributed by atoms with Gasteiger partial charge in [0, 0.05) is 12.2 Å². The molecule has 0 bridgehead atoms. The summed E-state index contributed by atoms with van der Waals surface area (Å²) in [4.78, 5) is 32.1. The second-order valence-corrected chi connectivity index (χ2v) is 5.17. The van der Waals surface area contributed by atoms with Crippen molar-refractivity contribution in [1.82, 2.24) is 19.9 Å². The summed E-state index contributed by atoms with van der Waals surface area (Å²) >= 11 is 0. The molecular weight excluding hydrogens is 256 g/mol. The number of aromatic nitrogens is 3. The van der Waals surface area contributed by atoms with Crippen molar-refractivity contribution in [3.05, 3.63) is 35.1 Å². The zero-order chi connectivity index (χ0) is 14.7. The molecule has 0 unspecified atom stereocenters. The number of fused-ring (bicyclic) bond motifs is 1. The first-order valence-corrected chi connectivity index (χ1v) is 6.57. The van der Waals surface area contributed by atoms with E-state index in [1.807, 2.05) is 20.8 Å². The van der Waals surface area contributed by atoms with E-state index >= 15 is 0 Å². The van der Waals surface area contributed by atoms with Crippen molar-refractivity contribution in [2.75, 3.05) is 0 Å². The van der Waals surface area contributed by atoms with E-state index in [2.05, 4.69) is 15.3 Å². The Hall–Kier alpha value is -2.24. The van der Waals surface area contributed by atoms with Crippen molar-refractivity contribution in [2.45, 2.75) is 33.4 Å². The third-order valence-electron chi connectivity index (χ3n) is 3.33. The first-order chi connectivity index (χ1) is 9.49. The number of nitrogens with one attached hydrogen (secondary N) is 1. The Labute approximate surface area is 116 Å². The van der Waals surface area contributed by atoms with Gasteiger partial charge in [-0.25, -0.2) is 4.98 Å². The zero-order valence-electron chi connectivity index (χ0n) is 11.8. The minimum atomic E-state index is -0.232. The lowest BCUT2D eigenvalue weighted by atomic mass is 10.1. The molecule has 0 aliphatic heterocycles. The van der Waals surface area contributed by atoms with Crippen LogP contribution in [0.3, 0.4) is 0 Å². The van der Waals surface area contributed by atoms with E-state index < -0.39 is 0 Å². The van der Waals surface area contributed by atoms with E-state index in [4.69, 9.17) is 0 Å². The van der Waals surface area contributed by atoms with Gasteiger partial charge in [-0.15, -0.1) is 0 Å². The molecule has 6 heteroatoms. The Morgan fingerprint density at radius 2 is 2.15 bits per heavy atom. The van der Waals surface area contributed by atoms with Crippen LogP contribution in [0.5, 0.6) is 0 Å². The Morgan fingerprint density at radius 3 is 2.85 bits per heavy atom. The van der Waals surface area contributed by atoms with Gasteiger partial charge in [0.15, 0.2) is 0 Å². The average Bonchev–Trinajstić information content (AvgIpc) is 2.42. The molecule has 2 aromatic heterocycles. The molecule has 0 saturated carbocycles. The molecule has 2 heterocycles. The molecule has 1 N–H and O–H groups in total. The summed E-state index contributed by atoms with van der Waals surface area (Å²) in [6.45, 7) is 5.97. The highest BCUT2D eigenvalue weighted by Gasteiger charge is 2.12. The van der Waals surface area contributed by atoms with Gasteiger partial charge in [-0.3, -0.25) is 19.1 Å². The van der Waals surface area contributed by atoms with E-state index in [1.165, 1.54) is 23.3 Å². The van der Waals surface area contributed by atoms with Crippen LogP contribution in [0.4, 0.5) is 0 Å². The van der Waals surface area contributed by atoms with Gasteiger partial charge in [-0.05, 0) is 18.9 Å². The molecule has 106 valence electrons. The van der Waals surface area contributed by atoms with Gasteiger partial charge in [-0.1, -0.05) is 13.8 Å². The molecule has 2 rings (SSSR count). The van der Waals surface area contributed by atoms with Crippen LogP contribution in [0.1, 0.15) is 20.8 Å². The zero-order valence-corrected chi connectivity index (χ0v) is 11.8. The van der Waals surface area contributed by atoms with Crippen molar-refractivity contribution < 1.29 is 4.79 Å². The van der Waals surface area contributed by atoms with E-state index in [0.29, 0.717) is 16.8 Å². The van der Waals surface area contributed by atoms with Gasteiger partial charge in [-0.2, -0.15) is 0 Å². The SMILES string of the molecule is CC(C)[C@@H](C)NC(=O)Cn1cnc2cnccc2c1=O. The fourth-order valence-electron chi connectivity index (χ4n) is 1.74. The van der Waals surface area contributed by atoms with E-state index in [0.717, 1.165) is 0 Å². The smallest absolute Gasteiger partial charge is 0.261 e. The first-order valence-electron chi connectivity index (χ1n) is 6.57. The van der Waals surface area contributed by atoms with Gasteiger partial charge in [0.2, 0.25) is 5.91 Å². The van der Waals surface area contributed by atoms with Crippen molar-refractivity contribution in [2.24, 2.45) is 5.92 Å². The largest absolute Gasteiger partial charge is 0.352 e. The number of hydrogen-bond acceptors (Lipinski definition) is 4. The number of carbonyl (C=O) groups is 1. The van der Waals surface area contributed by atoms with Gasteiger partial charge in [0.1, 0.15) is 6.54 Å². The van der Waals surface area contributed by atoms with Crippen LogP contribution in [0, 0.1) is 5.92 Å². The van der Waals surface area contributed by atoms with E-state index in [9.17, 15) is 9.59 Å². The summed E-state index contributed by atoms with van der Waals surface area (Å²) in [5.74, 6) is 0.153. The topological polar surface area (TPSA) is 76.9 Å². The van der Waals surface area contributed by atoms with Crippen LogP contribution < -0.4 is 10.9 Å². The van der Waals surface area contributed by atoms with Gasteiger partial charge in [0.05, 0.1) is 23.4 Å². The third-order valence-corrected chi connectivity index (χ3v) is 3.33. The monoisotopic (exact) mass is 274 g/mol. The highest BCUT2D eigenvalue weighted by molar-refractivity contribution is 5.78. The Balaban J connectivity index is 2.20. The highest BCUT2D eigenvalue weighted by atomic mass is 16.2. The summed E-state index contributed by atoms with van der Waals surface area (Å²) in [6.07, 6.45) is 4.45. The molecule has 1 amide bonds. The van der Waals surface area contributed by atoms with Crippen molar-refractivity contribution in [3.63, 3.8) is 0 Å². The van der Waals surface area contributed by atoms with Crippen LogP contribution in [-0.4, -0.2) is 26.5 Å². The predicted octanol–water partition coefficient (Wildman–Crippen LogP) is 0.952. The maximum absolute atomic E-state index is 12.2. The fraction of sp³-hybridized carbons (Fsp3) is 0.429. The minimum Gasteiger partial charge on any atom is -0.352 e. The van der Waals surface area contributed by atoms with Gasteiger partial charge in [0.25, 0.3) is 5.56 Å². The maximum atomic E-state index is 12.2. The van der Waals surface area contributed by atoms with Crippen molar-refractivity contribution >= 4 is 16.8 Å². The molecule has 0 saturated heterocycles. The van der Waals surface area contributed by atoms with Crippen molar-refractivity contribution in [1.29, 1.82) is 0 Å². The second kappa shape index (κ2) is 5.81. The lowest BCUT2D eigenvalue weighted by Crippen LogP contribution is -2.39. The van der Waals surface area contributed by atoms with Gasteiger partial charge >= 0.3 is 0 Å². The number of hydrogen-bond donors (Lipinski definition) is 1. The third kappa shape index (κ3) is 3.01. The number of rotatable bonds is 4. The molecule has 0 radical (unpaired) electrons. The lowest BCUT2D eigenvalue weighted by Gasteiger charge is -2.17. The molecule has 0 fully saturated rings. The van der Waals surface area contributed by atoms with E-state index in [1.54, 1.807) is 6.07 Å². The molecule has 0 spiro atoms. The fourth-order valence-corrected chi connectivity index (χ4v) is 1.74. The predicted molar refractivity (Wildman–Crippen MR) is 76.2 cm³/mol. The molecule has 6 nitrogen and oxygen atoms in total.